The van der Waals surface area contributed by atoms with E-state index >= 15 is 0 Å². The molecule has 0 aliphatic carbocycles. The van der Waals surface area contributed by atoms with E-state index < -0.39 is 0 Å². The summed E-state index contributed by atoms with van der Waals surface area (Å²) < 4.78 is 7.60. The van der Waals surface area contributed by atoms with Crippen molar-refractivity contribution < 1.29 is 14.3 Å². The van der Waals surface area contributed by atoms with Gasteiger partial charge in [-0.15, -0.1) is 0 Å². The molecule has 27 heavy (non-hydrogen) atoms. The van der Waals surface area contributed by atoms with Crippen molar-refractivity contribution in [3.8, 4) is 0 Å². The highest BCUT2D eigenvalue weighted by Crippen LogP contribution is 2.29. The van der Waals surface area contributed by atoms with E-state index in [1.54, 1.807) is 17.1 Å². The molecular weight excluding hydrogens is 344 g/mol. The molecular formula is C20H26N4O3. The van der Waals surface area contributed by atoms with E-state index in [-0.39, 0.29) is 30.0 Å². The van der Waals surface area contributed by atoms with Gasteiger partial charge in [0.25, 0.3) is 5.91 Å². The second-order valence-corrected chi connectivity index (χ2v) is 7.16. The van der Waals surface area contributed by atoms with E-state index in [1.807, 2.05) is 38.1 Å². The minimum Gasteiger partial charge on any atom is -0.373 e. The first kappa shape index (κ1) is 19.1. The Hall–Kier alpha value is -2.67. The molecule has 3 rings (SSSR count). The van der Waals surface area contributed by atoms with Gasteiger partial charge in [-0.25, -0.2) is 0 Å². The summed E-state index contributed by atoms with van der Waals surface area (Å²) in [5.41, 5.74) is 2.28. The van der Waals surface area contributed by atoms with Crippen LogP contribution in [0.2, 0.25) is 0 Å². The Morgan fingerprint density at radius 1 is 1.26 bits per heavy atom. The number of amides is 2. The van der Waals surface area contributed by atoms with Crippen molar-refractivity contribution >= 4 is 17.5 Å². The van der Waals surface area contributed by atoms with Crippen molar-refractivity contribution in [3.63, 3.8) is 0 Å². The maximum atomic E-state index is 12.4. The minimum atomic E-state index is -0.186. The predicted octanol–water partition coefficient (Wildman–Crippen LogP) is 3.07. The molecule has 144 valence electrons. The van der Waals surface area contributed by atoms with Crippen LogP contribution in [0.25, 0.3) is 0 Å². The number of ether oxygens (including phenoxy) is 1. The molecule has 0 unspecified atom stereocenters. The Morgan fingerprint density at radius 3 is 2.63 bits per heavy atom. The number of hydrogen-bond acceptors (Lipinski definition) is 4. The van der Waals surface area contributed by atoms with Crippen LogP contribution in [0.5, 0.6) is 0 Å². The third-order valence-corrected chi connectivity index (χ3v) is 4.62. The fourth-order valence-electron chi connectivity index (χ4n) is 3.17. The van der Waals surface area contributed by atoms with E-state index in [0.29, 0.717) is 12.2 Å². The van der Waals surface area contributed by atoms with Crippen LogP contribution >= 0.6 is 0 Å². The summed E-state index contributed by atoms with van der Waals surface area (Å²) in [5, 5.41) is 10.0. The summed E-state index contributed by atoms with van der Waals surface area (Å²) in [6.45, 7) is 6.18. The van der Waals surface area contributed by atoms with E-state index in [1.165, 1.54) is 6.92 Å². The van der Waals surface area contributed by atoms with Crippen LogP contribution in [0.1, 0.15) is 61.7 Å². The molecule has 2 atom stereocenters. The van der Waals surface area contributed by atoms with Crippen molar-refractivity contribution in [1.29, 1.82) is 0 Å². The van der Waals surface area contributed by atoms with Crippen LogP contribution in [0, 0.1) is 0 Å². The zero-order valence-corrected chi connectivity index (χ0v) is 15.9. The first-order chi connectivity index (χ1) is 12.9. The highest BCUT2D eigenvalue weighted by molar-refractivity contribution is 6.03. The van der Waals surface area contributed by atoms with Crippen molar-refractivity contribution in [2.45, 2.75) is 51.8 Å². The molecule has 0 saturated carbocycles. The predicted molar refractivity (Wildman–Crippen MR) is 103 cm³/mol. The van der Waals surface area contributed by atoms with Crippen molar-refractivity contribution in [1.82, 2.24) is 15.1 Å². The van der Waals surface area contributed by atoms with Gasteiger partial charge in [-0.1, -0.05) is 12.1 Å². The average molecular weight is 370 g/mol. The molecule has 2 aromatic rings. The summed E-state index contributed by atoms with van der Waals surface area (Å²) in [6.07, 6.45) is 4.84. The zero-order chi connectivity index (χ0) is 19.4. The normalized spacial score (nSPS) is 19.7. The van der Waals surface area contributed by atoms with E-state index in [9.17, 15) is 9.59 Å². The van der Waals surface area contributed by atoms with Crippen molar-refractivity contribution in [2.24, 2.45) is 0 Å². The Morgan fingerprint density at radius 2 is 2.00 bits per heavy atom. The van der Waals surface area contributed by atoms with Gasteiger partial charge in [0.15, 0.2) is 0 Å². The lowest BCUT2D eigenvalue weighted by Gasteiger charge is -2.30. The number of rotatable bonds is 5. The molecule has 1 fully saturated rings. The Labute approximate surface area is 159 Å². The van der Waals surface area contributed by atoms with Crippen LogP contribution in [0.4, 0.5) is 5.69 Å². The standard InChI is InChI=1S/C20H26N4O3/c1-13(2)24-12-16(11-21-24)20(26)23-17-6-4-15(5-7-17)19-10-18(8-9-27-19)22-14(3)25/h4-7,11-13,18-19H,8-10H2,1-3H3,(H,22,25)(H,23,26)/t18-,19+/m1/s1. The number of carbonyl (C=O) groups excluding carboxylic acids is 2. The number of hydrogen-bond donors (Lipinski definition) is 2. The molecule has 0 radical (unpaired) electrons. The van der Waals surface area contributed by atoms with Gasteiger partial charge >= 0.3 is 0 Å². The van der Waals surface area contributed by atoms with Gasteiger partial charge in [0.1, 0.15) is 0 Å². The highest BCUT2D eigenvalue weighted by atomic mass is 16.5. The summed E-state index contributed by atoms with van der Waals surface area (Å²) in [4.78, 5) is 23.6. The maximum absolute atomic E-state index is 12.4. The smallest absolute Gasteiger partial charge is 0.258 e. The molecule has 1 aliphatic heterocycles. The monoisotopic (exact) mass is 370 g/mol. The zero-order valence-electron chi connectivity index (χ0n) is 15.9. The fraction of sp³-hybridized carbons (Fsp3) is 0.450. The van der Waals surface area contributed by atoms with Crippen LogP contribution in [0.15, 0.2) is 36.7 Å². The van der Waals surface area contributed by atoms with Crippen LogP contribution in [0.3, 0.4) is 0 Å². The number of anilines is 1. The molecule has 1 aromatic heterocycles. The summed E-state index contributed by atoms with van der Waals surface area (Å²) in [5.74, 6) is -0.200. The number of benzene rings is 1. The molecule has 2 N–H and O–H groups in total. The Balaban J connectivity index is 1.61. The third-order valence-electron chi connectivity index (χ3n) is 4.62. The number of nitrogens with zero attached hydrogens (tertiary/aromatic N) is 2. The molecule has 2 heterocycles. The second kappa shape index (κ2) is 8.35. The van der Waals surface area contributed by atoms with Gasteiger partial charge in [0.05, 0.1) is 17.9 Å². The number of aromatic nitrogens is 2. The van der Waals surface area contributed by atoms with Gasteiger partial charge in [-0.3, -0.25) is 14.3 Å². The van der Waals surface area contributed by atoms with E-state index in [2.05, 4.69) is 15.7 Å². The second-order valence-electron chi connectivity index (χ2n) is 7.16. The highest BCUT2D eigenvalue weighted by Gasteiger charge is 2.24. The molecule has 2 amide bonds. The summed E-state index contributed by atoms with van der Waals surface area (Å²) in [7, 11) is 0. The van der Waals surface area contributed by atoms with Crippen LogP contribution in [-0.2, 0) is 9.53 Å². The van der Waals surface area contributed by atoms with Gasteiger partial charge in [-0.2, -0.15) is 5.10 Å². The summed E-state index contributed by atoms with van der Waals surface area (Å²) >= 11 is 0. The minimum absolute atomic E-state index is 0.0144. The van der Waals surface area contributed by atoms with E-state index in [0.717, 1.165) is 24.1 Å². The van der Waals surface area contributed by atoms with Gasteiger partial charge < -0.3 is 15.4 Å². The first-order valence-electron chi connectivity index (χ1n) is 9.26. The van der Waals surface area contributed by atoms with Crippen molar-refractivity contribution in [2.75, 3.05) is 11.9 Å². The Bertz CT molecular complexity index is 798. The van der Waals surface area contributed by atoms with Crippen LogP contribution in [-0.4, -0.2) is 34.2 Å². The van der Waals surface area contributed by atoms with Gasteiger partial charge in [0.2, 0.25) is 5.91 Å². The lowest BCUT2D eigenvalue weighted by atomic mass is 9.97. The SMILES string of the molecule is CC(=O)N[C@@H]1CCO[C@H](c2ccc(NC(=O)c3cnn(C(C)C)c3)cc2)C1. The number of carbonyl (C=O) groups is 2. The molecule has 1 saturated heterocycles. The van der Waals surface area contributed by atoms with Gasteiger partial charge in [-0.05, 0) is 44.4 Å². The molecule has 7 nitrogen and oxygen atoms in total. The molecule has 1 aliphatic rings. The molecule has 0 spiro atoms. The average Bonchev–Trinajstić information content (AvgIpc) is 3.13. The van der Waals surface area contributed by atoms with Crippen molar-refractivity contribution in [3.05, 3.63) is 47.8 Å². The molecule has 7 heteroatoms. The lowest BCUT2D eigenvalue weighted by Crippen LogP contribution is -2.38. The molecule has 0 bridgehead atoms. The van der Waals surface area contributed by atoms with Crippen LogP contribution < -0.4 is 10.6 Å². The largest absolute Gasteiger partial charge is 0.373 e. The first-order valence-corrected chi connectivity index (χ1v) is 9.26. The Kier molecular flexibility index (Phi) is 5.91. The fourth-order valence-corrected chi connectivity index (χ4v) is 3.17. The lowest BCUT2D eigenvalue weighted by molar-refractivity contribution is -0.120. The third kappa shape index (κ3) is 4.95. The van der Waals surface area contributed by atoms with Gasteiger partial charge in [0, 0.05) is 37.5 Å². The summed E-state index contributed by atoms with van der Waals surface area (Å²) in [6, 6.07) is 7.99. The maximum Gasteiger partial charge on any atom is 0.258 e. The quantitative estimate of drug-likeness (QED) is 0.847. The number of nitrogens with one attached hydrogen (secondary N) is 2. The topological polar surface area (TPSA) is 85.2 Å². The van der Waals surface area contributed by atoms with E-state index in [4.69, 9.17) is 4.74 Å². The molecule has 1 aromatic carbocycles.